The molecule has 0 bridgehead atoms. The lowest BCUT2D eigenvalue weighted by molar-refractivity contribution is -0.122. The fourth-order valence-electron chi connectivity index (χ4n) is 3.03. The van der Waals surface area contributed by atoms with Crippen molar-refractivity contribution in [3.8, 4) is 0 Å². The quantitative estimate of drug-likeness (QED) is 0.855. The lowest BCUT2D eigenvalue weighted by atomic mass is 9.85. The van der Waals surface area contributed by atoms with Crippen molar-refractivity contribution in [2.75, 3.05) is 5.32 Å². The lowest BCUT2D eigenvalue weighted by Crippen LogP contribution is -2.28. The fraction of sp³-hybridized carbons (Fsp3) is 0.647. The molecule has 0 spiro atoms. The monoisotopic (exact) mass is 321 g/mol. The third-order valence-corrected chi connectivity index (χ3v) is 5.64. The van der Waals surface area contributed by atoms with Crippen LogP contribution in [-0.2, 0) is 22.4 Å². The molecule has 22 heavy (non-hydrogen) atoms. The van der Waals surface area contributed by atoms with Crippen molar-refractivity contribution in [1.29, 1.82) is 0 Å². The number of rotatable bonds is 4. The minimum atomic E-state index is -0.293. The topological polar surface area (TPSA) is 55.4 Å². The molecule has 2 aliphatic carbocycles. The van der Waals surface area contributed by atoms with Gasteiger partial charge in [0.25, 0.3) is 0 Å². The molecule has 0 radical (unpaired) electrons. The molecule has 1 aromatic rings. The molecule has 120 valence electrons. The standard InChI is InChI=1S/C17H23NO3S/c1-10(2)21-17(20)14-12-8-3-4-9-13(12)22-16(14)18-15(19)11-6-5-7-11/h10-11H,3-9H2,1-2H3,(H,18,19). The van der Waals surface area contributed by atoms with E-state index in [9.17, 15) is 9.59 Å². The van der Waals surface area contributed by atoms with Gasteiger partial charge in [0.2, 0.25) is 5.91 Å². The number of hydrogen-bond donors (Lipinski definition) is 1. The highest BCUT2D eigenvalue weighted by Gasteiger charge is 2.30. The average Bonchev–Trinajstić information content (AvgIpc) is 2.73. The molecular formula is C17H23NO3S. The third-order valence-electron chi connectivity index (χ3n) is 4.43. The number of nitrogens with one attached hydrogen (secondary N) is 1. The maximum absolute atomic E-state index is 12.5. The molecule has 1 fully saturated rings. The van der Waals surface area contributed by atoms with E-state index in [4.69, 9.17) is 4.74 Å². The number of carbonyl (C=O) groups is 2. The van der Waals surface area contributed by atoms with Crippen LogP contribution in [0.4, 0.5) is 5.00 Å². The van der Waals surface area contributed by atoms with Gasteiger partial charge in [-0.2, -0.15) is 0 Å². The summed E-state index contributed by atoms with van der Waals surface area (Å²) in [6.45, 7) is 3.70. The first-order valence-corrected chi connectivity index (χ1v) is 9.04. The molecule has 3 rings (SSSR count). The Balaban J connectivity index is 1.88. The number of ether oxygens (including phenoxy) is 1. The molecule has 1 aromatic heterocycles. The highest BCUT2D eigenvalue weighted by Crippen LogP contribution is 2.39. The van der Waals surface area contributed by atoms with Gasteiger partial charge in [0.05, 0.1) is 11.7 Å². The summed E-state index contributed by atoms with van der Waals surface area (Å²) in [6, 6.07) is 0. The highest BCUT2D eigenvalue weighted by molar-refractivity contribution is 7.17. The Kier molecular flexibility index (Phi) is 4.52. The Morgan fingerprint density at radius 3 is 2.55 bits per heavy atom. The van der Waals surface area contributed by atoms with Crippen LogP contribution in [0.1, 0.15) is 66.8 Å². The van der Waals surface area contributed by atoms with Crippen molar-refractivity contribution in [1.82, 2.24) is 0 Å². The molecule has 5 heteroatoms. The molecular weight excluding hydrogens is 298 g/mol. The van der Waals surface area contributed by atoms with Crippen LogP contribution in [0.15, 0.2) is 0 Å². The van der Waals surface area contributed by atoms with Crippen molar-refractivity contribution in [2.45, 2.75) is 64.9 Å². The van der Waals surface area contributed by atoms with Crippen molar-refractivity contribution in [3.63, 3.8) is 0 Å². The molecule has 1 amide bonds. The summed E-state index contributed by atoms with van der Waals surface area (Å²) in [5.74, 6) is -0.116. The second-order valence-electron chi connectivity index (χ2n) is 6.49. The number of fused-ring (bicyclic) bond motifs is 1. The van der Waals surface area contributed by atoms with Gasteiger partial charge in [-0.1, -0.05) is 6.42 Å². The van der Waals surface area contributed by atoms with Gasteiger partial charge in [0.15, 0.2) is 0 Å². The smallest absolute Gasteiger partial charge is 0.341 e. The van der Waals surface area contributed by atoms with Crippen molar-refractivity contribution in [2.24, 2.45) is 5.92 Å². The molecule has 1 N–H and O–H groups in total. The number of esters is 1. The van der Waals surface area contributed by atoms with E-state index in [1.54, 1.807) is 11.3 Å². The number of aryl methyl sites for hydroxylation is 1. The lowest BCUT2D eigenvalue weighted by Gasteiger charge is -2.24. The first kappa shape index (κ1) is 15.5. The van der Waals surface area contributed by atoms with Crippen LogP contribution in [0.2, 0.25) is 0 Å². The normalized spacial score (nSPS) is 17.8. The van der Waals surface area contributed by atoms with E-state index in [1.807, 2.05) is 13.8 Å². The van der Waals surface area contributed by atoms with E-state index in [2.05, 4.69) is 5.32 Å². The van der Waals surface area contributed by atoms with E-state index >= 15 is 0 Å². The second-order valence-corrected chi connectivity index (χ2v) is 7.59. The third kappa shape index (κ3) is 3.05. The fourth-order valence-corrected chi connectivity index (χ4v) is 4.31. The zero-order chi connectivity index (χ0) is 15.7. The van der Waals surface area contributed by atoms with Crippen LogP contribution in [0, 0.1) is 5.92 Å². The van der Waals surface area contributed by atoms with Gasteiger partial charge < -0.3 is 10.1 Å². The van der Waals surface area contributed by atoms with Gasteiger partial charge >= 0.3 is 5.97 Å². The summed E-state index contributed by atoms with van der Waals surface area (Å²) >= 11 is 1.56. The predicted molar refractivity (Wildman–Crippen MR) is 87.5 cm³/mol. The van der Waals surface area contributed by atoms with Crippen molar-refractivity contribution < 1.29 is 14.3 Å². The molecule has 1 saturated carbocycles. The Bertz CT molecular complexity index is 587. The molecule has 4 nitrogen and oxygen atoms in total. The van der Waals surface area contributed by atoms with Crippen LogP contribution in [0.3, 0.4) is 0 Å². The van der Waals surface area contributed by atoms with Crippen molar-refractivity contribution in [3.05, 3.63) is 16.0 Å². The second kappa shape index (κ2) is 6.41. The van der Waals surface area contributed by atoms with Gasteiger partial charge in [-0.15, -0.1) is 11.3 Å². The number of hydrogen-bond acceptors (Lipinski definition) is 4. The van der Waals surface area contributed by atoms with Gasteiger partial charge in [-0.05, 0) is 57.9 Å². The summed E-state index contributed by atoms with van der Waals surface area (Å²) in [5, 5.41) is 3.71. The first-order valence-electron chi connectivity index (χ1n) is 8.22. The highest BCUT2D eigenvalue weighted by atomic mass is 32.1. The summed E-state index contributed by atoms with van der Waals surface area (Å²) in [6.07, 6.45) is 7.06. The van der Waals surface area contributed by atoms with Crippen LogP contribution < -0.4 is 5.32 Å². The zero-order valence-electron chi connectivity index (χ0n) is 13.2. The predicted octanol–water partition coefficient (Wildman–Crippen LogP) is 3.93. The van der Waals surface area contributed by atoms with Gasteiger partial charge in [0, 0.05) is 10.8 Å². The van der Waals surface area contributed by atoms with E-state index in [0.29, 0.717) is 10.6 Å². The minimum Gasteiger partial charge on any atom is -0.459 e. The van der Waals surface area contributed by atoms with E-state index in [1.165, 1.54) is 4.88 Å². The summed E-state index contributed by atoms with van der Waals surface area (Å²) in [7, 11) is 0. The number of thiophene rings is 1. The molecule has 0 saturated heterocycles. The largest absolute Gasteiger partial charge is 0.459 e. The SMILES string of the molecule is CC(C)OC(=O)c1c(NC(=O)C2CCC2)sc2c1CCCC2. The number of carbonyl (C=O) groups excluding carboxylic acids is 2. The van der Waals surface area contributed by atoms with Gasteiger partial charge in [-0.25, -0.2) is 4.79 Å². The summed E-state index contributed by atoms with van der Waals surface area (Å²) < 4.78 is 5.40. The molecule has 0 unspecified atom stereocenters. The molecule has 0 aliphatic heterocycles. The Morgan fingerprint density at radius 1 is 1.18 bits per heavy atom. The van der Waals surface area contributed by atoms with E-state index < -0.39 is 0 Å². The number of anilines is 1. The van der Waals surface area contributed by atoms with Gasteiger partial charge in [0.1, 0.15) is 5.00 Å². The van der Waals surface area contributed by atoms with E-state index in [0.717, 1.165) is 50.5 Å². The zero-order valence-corrected chi connectivity index (χ0v) is 14.1. The maximum atomic E-state index is 12.5. The molecule has 0 atom stereocenters. The Morgan fingerprint density at radius 2 is 1.91 bits per heavy atom. The van der Waals surface area contributed by atoms with Crippen LogP contribution in [0.25, 0.3) is 0 Å². The minimum absolute atomic E-state index is 0.0587. The van der Waals surface area contributed by atoms with Crippen LogP contribution in [-0.4, -0.2) is 18.0 Å². The average molecular weight is 321 g/mol. The Hall–Kier alpha value is -1.36. The molecule has 1 heterocycles. The van der Waals surface area contributed by atoms with Crippen LogP contribution in [0.5, 0.6) is 0 Å². The van der Waals surface area contributed by atoms with Crippen LogP contribution >= 0.6 is 11.3 Å². The van der Waals surface area contributed by atoms with E-state index in [-0.39, 0.29) is 23.9 Å². The summed E-state index contributed by atoms with van der Waals surface area (Å²) in [5.41, 5.74) is 1.71. The maximum Gasteiger partial charge on any atom is 0.341 e. The molecule has 2 aliphatic rings. The van der Waals surface area contributed by atoms with Gasteiger partial charge in [-0.3, -0.25) is 4.79 Å². The molecule has 0 aromatic carbocycles. The number of amides is 1. The van der Waals surface area contributed by atoms with Crippen molar-refractivity contribution >= 4 is 28.2 Å². The first-order chi connectivity index (χ1) is 10.6. The Labute approximate surface area is 135 Å². The summed E-state index contributed by atoms with van der Waals surface area (Å²) in [4.78, 5) is 26.0.